The zero-order valence-corrected chi connectivity index (χ0v) is 14.4. The minimum absolute atomic E-state index is 0.0161. The van der Waals surface area contributed by atoms with Crippen molar-refractivity contribution in [2.24, 2.45) is 0 Å². The quantitative estimate of drug-likeness (QED) is 0.802. The number of rotatable bonds is 7. The number of carbonyl (C=O) groups is 1. The SMILES string of the molecule is CS(=O)(=O)N(CCC(=O)Nc1ccc2c(c1)OCO2)Cc1ccco1. The van der Waals surface area contributed by atoms with Crippen molar-refractivity contribution in [1.29, 1.82) is 0 Å². The van der Waals surface area contributed by atoms with Crippen LogP contribution in [0.5, 0.6) is 11.5 Å². The topological polar surface area (TPSA) is 98.1 Å². The number of sulfonamides is 1. The van der Waals surface area contributed by atoms with Crippen LogP contribution in [-0.2, 0) is 21.4 Å². The van der Waals surface area contributed by atoms with Crippen LogP contribution in [0.25, 0.3) is 0 Å². The molecule has 1 aromatic carbocycles. The van der Waals surface area contributed by atoms with Crippen molar-refractivity contribution in [2.45, 2.75) is 13.0 Å². The lowest BCUT2D eigenvalue weighted by atomic mass is 10.2. The lowest BCUT2D eigenvalue weighted by Gasteiger charge is -2.18. The Kier molecular flexibility index (Phi) is 4.95. The summed E-state index contributed by atoms with van der Waals surface area (Å²) < 4.78 is 40.6. The van der Waals surface area contributed by atoms with Gasteiger partial charge in [0.1, 0.15) is 5.76 Å². The summed E-state index contributed by atoms with van der Waals surface area (Å²) in [7, 11) is -3.46. The van der Waals surface area contributed by atoms with Crippen LogP contribution < -0.4 is 14.8 Å². The first-order valence-electron chi connectivity index (χ1n) is 7.59. The number of benzene rings is 1. The van der Waals surface area contributed by atoms with Gasteiger partial charge in [-0.2, -0.15) is 4.31 Å². The Labute approximate surface area is 145 Å². The Morgan fingerprint density at radius 2 is 2.04 bits per heavy atom. The van der Waals surface area contributed by atoms with E-state index in [2.05, 4.69) is 5.32 Å². The van der Waals surface area contributed by atoms with E-state index in [1.165, 1.54) is 10.6 Å². The Morgan fingerprint density at radius 3 is 2.76 bits per heavy atom. The molecule has 0 saturated carbocycles. The van der Waals surface area contributed by atoms with Gasteiger partial charge in [0.05, 0.1) is 19.1 Å². The van der Waals surface area contributed by atoms with Gasteiger partial charge in [-0.25, -0.2) is 8.42 Å². The van der Waals surface area contributed by atoms with Crippen LogP contribution in [0.1, 0.15) is 12.2 Å². The van der Waals surface area contributed by atoms with Crippen LogP contribution in [0.3, 0.4) is 0 Å². The number of hydrogen-bond donors (Lipinski definition) is 1. The normalized spacial score (nSPS) is 13.2. The van der Waals surface area contributed by atoms with E-state index in [1.807, 2.05) is 0 Å². The molecule has 8 nitrogen and oxygen atoms in total. The number of nitrogens with one attached hydrogen (secondary N) is 1. The Morgan fingerprint density at radius 1 is 1.24 bits per heavy atom. The molecular formula is C16H18N2O6S. The van der Waals surface area contributed by atoms with Crippen molar-refractivity contribution < 1.29 is 27.1 Å². The molecule has 0 saturated heterocycles. The first-order valence-corrected chi connectivity index (χ1v) is 9.43. The summed E-state index contributed by atoms with van der Waals surface area (Å²) in [6.45, 7) is 0.294. The van der Waals surface area contributed by atoms with Gasteiger partial charge in [0.25, 0.3) is 0 Å². The summed E-state index contributed by atoms with van der Waals surface area (Å²) in [5, 5.41) is 2.72. The number of carbonyl (C=O) groups excluding carboxylic acids is 1. The molecule has 1 aromatic heterocycles. The largest absolute Gasteiger partial charge is 0.468 e. The molecule has 0 unspecified atom stereocenters. The van der Waals surface area contributed by atoms with Gasteiger partial charge in [-0.3, -0.25) is 4.79 Å². The minimum Gasteiger partial charge on any atom is -0.468 e. The van der Waals surface area contributed by atoms with E-state index < -0.39 is 10.0 Å². The van der Waals surface area contributed by atoms with Crippen LogP contribution in [0, 0.1) is 0 Å². The van der Waals surface area contributed by atoms with Crippen LogP contribution >= 0.6 is 0 Å². The fourth-order valence-corrected chi connectivity index (χ4v) is 3.15. The standard InChI is InChI=1S/C16H18N2O6S/c1-25(20,21)18(10-13-3-2-8-22-13)7-6-16(19)17-12-4-5-14-15(9-12)24-11-23-14/h2-5,8-9H,6-7,10-11H2,1H3,(H,17,19). The van der Waals surface area contributed by atoms with Crippen LogP contribution in [0.2, 0.25) is 0 Å². The number of fused-ring (bicyclic) bond motifs is 1. The summed E-state index contributed by atoms with van der Waals surface area (Å²) in [4.78, 5) is 12.1. The molecule has 0 aliphatic carbocycles. The van der Waals surface area contributed by atoms with Crippen LogP contribution in [0.4, 0.5) is 5.69 Å². The van der Waals surface area contributed by atoms with Gasteiger partial charge in [-0.05, 0) is 24.3 Å². The highest BCUT2D eigenvalue weighted by Crippen LogP contribution is 2.34. The average Bonchev–Trinajstić information content (AvgIpc) is 3.21. The fraction of sp³-hybridized carbons (Fsp3) is 0.312. The first-order chi connectivity index (χ1) is 11.9. The molecular weight excluding hydrogens is 348 g/mol. The van der Waals surface area contributed by atoms with Crippen molar-refractivity contribution in [2.75, 3.05) is 24.9 Å². The predicted molar refractivity (Wildman–Crippen MR) is 89.8 cm³/mol. The average molecular weight is 366 g/mol. The van der Waals surface area contributed by atoms with Crippen molar-refractivity contribution in [3.63, 3.8) is 0 Å². The van der Waals surface area contributed by atoms with Crippen LogP contribution in [0.15, 0.2) is 41.0 Å². The predicted octanol–water partition coefficient (Wildman–Crippen LogP) is 1.80. The first kappa shape index (κ1) is 17.3. The van der Waals surface area contributed by atoms with Crippen LogP contribution in [-0.4, -0.2) is 38.2 Å². The number of ether oxygens (including phenoxy) is 2. The monoisotopic (exact) mass is 366 g/mol. The van der Waals surface area contributed by atoms with Gasteiger partial charge in [0, 0.05) is 24.7 Å². The van der Waals surface area contributed by atoms with E-state index in [9.17, 15) is 13.2 Å². The summed E-state index contributed by atoms with van der Waals surface area (Å²) in [5.41, 5.74) is 0.561. The molecule has 0 fully saturated rings. The van der Waals surface area contributed by atoms with E-state index in [1.54, 1.807) is 30.3 Å². The van der Waals surface area contributed by atoms with Gasteiger partial charge in [-0.1, -0.05) is 0 Å². The molecule has 2 heterocycles. The minimum atomic E-state index is -3.46. The van der Waals surface area contributed by atoms with Crippen molar-refractivity contribution in [1.82, 2.24) is 4.31 Å². The van der Waals surface area contributed by atoms with E-state index in [-0.39, 0.29) is 32.2 Å². The lowest BCUT2D eigenvalue weighted by Crippen LogP contribution is -2.32. The molecule has 25 heavy (non-hydrogen) atoms. The third kappa shape index (κ3) is 4.52. The number of hydrogen-bond acceptors (Lipinski definition) is 6. The summed E-state index contributed by atoms with van der Waals surface area (Å²) in [6.07, 6.45) is 2.59. The Balaban J connectivity index is 1.58. The molecule has 2 aromatic rings. The fourth-order valence-electron chi connectivity index (χ4n) is 2.36. The molecule has 134 valence electrons. The summed E-state index contributed by atoms with van der Waals surface area (Å²) in [6, 6.07) is 8.44. The summed E-state index contributed by atoms with van der Waals surface area (Å²) >= 11 is 0. The highest BCUT2D eigenvalue weighted by Gasteiger charge is 2.20. The van der Waals surface area contributed by atoms with E-state index in [0.29, 0.717) is 22.9 Å². The maximum atomic E-state index is 12.1. The zero-order valence-electron chi connectivity index (χ0n) is 13.6. The Bertz CT molecular complexity index is 848. The molecule has 9 heteroatoms. The number of nitrogens with zero attached hydrogens (tertiary/aromatic N) is 1. The van der Waals surface area contributed by atoms with Crippen molar-refractivity contribution >= 4 is 21.6 Å². The zero-order chi connectivity index (χ0) is 17.9. The molecule has 0 bridgehead atoms. The van der Waals surface area contributed by atoms with Gasteiger partial charge >= 0.3 is 0 Å². The maximum absolute atomic E-state index is 12.1. The molecule has 3 rings (SSSR count). The second-order valence-electron chi connectivity index (χ2n) is 5.54. The second kappa shape index (κ2) is 7.16. The Hall–Kier alpha value is -2.52. The number of amides is 1. The molecule has 0 atom stereocenters. The van der Waals surface area contributed by atoms with E-state index in [4.69, 9.17) is 13.9 Å². The van der Waals surface area contributed by atoms with Gasteiger partial charge in [0.15, 0.2) is 11.5 Å². The summed E-state index contributed by atoms with van der Waals surface area (Å²) in [5.74, 6) is 1.40. The van der Waals surface area contributed by atoms with E-state index >= 15 is 0 Å². The van der Waals surface area contributed by atoms with Gasteiger partial charge in [-0.15, -0.1) is 0 Å². The lowest BCUT2D eigenvalue weighted by molar-refractivity contribution is -0.116. The molecule has 1 aliphatic rings. The molecule has 0 spiro atoms. The highest BCUT2D eigenvalue weighted by atomic mass is 32.2. The molecule has 0 radical (unpaired) electrons. The number of furan rings is 1. The molecule has 1 N–H and O–H groups in total. The van der Waals surface area contributed by atoms with Gasteiger partial charge in [0.2, 0.25) is 22.7 Å². The maximum Gasteiger partial charge on any atom is 0.231 e. The second-order valence-corrected chi connectivity index (χ2v) is 7.52. The molecule has 1 amide bonds. The highest BCUT2D eigenvalue weighted by molar-refractivity contribution is 7.88. The third-order valence-corrected chi connectivity index (χ3v) is 4.88. The van der Waals surface area contributed by atoms with E-state index in [0.717, 1.165) is 6.26 Å². The number of anilines is 1. The molecule has 1 aliphatic heterocycles. The third-order valence-electron chi connectivity index (χ3n) is 3.63. The smallest absolute Gasteiger partial charge is 0.231 e. The van der Waals surface area contributed by atoms with Gasteiger partial charge < -0.3 is 19.2 Å². The van der Waals surface area contributed by atoms with Crippen molar-refractivity contribution in [3.8, 4) is 11.5 Å². The van der Waals surface area contributed by atoms with Crippen molar-refractivity contribution in [3.05, 3.63) is 42.4 Å².